The fraction of sp³-hybridized carbons (Fsp3) is 0.438. The van der Waals surface area contributed by atoms with Crippen LogP contribution in [0, 0.1) is 11.8 Å². The predicted octanol–water partition coefficient (Wildman–Crippen LogP) is 2.29. The molecule has 2 fully saturated rings. The predicted molar refractivity (Wildman–Crippen MR) is 75.7 cm³/mol. The second-order valence-corrected chi connectivity index (χ2v) is 5.60. The summed E-state index contributed by atoms with van der Waals surface area (Å²) in [5.74, 6) is -0.487. The van der Waals surface area contributed by atoms with Crippen molar-refractivity contribution in [3.05, 3.63) is 24.3 Å². The van der Waals surface area contributed by atoms with Crippen molar-refractivity contribution in [2.24, 2.45) is 11.8 Å². The summed E-state index contributed by atoms with van der Waals surface area (Å²) in [5, 5.41) is 0. The van der Waals surface area contributed by atoms with Crippen LogP contribution in [0.5, 0.6) is 5.75 Å². The van der Waals surface area contributed by atoms with E-state index in [1.165, 1.54) is 11.8 Å². The monoisotopic (exact) mass is 287 g/mol. The molecule has 3 rings (SSSR count). The van der Waals surface area contributed by atoms with E-state index in [-0.39, 0.29) is 23.7 Å². The summed E-state index contributed by atoms with van der Waals surface area (Å²) in [5.41, 5.74) is 0.551. The zero-order valence-electron chi connectivity index (χ0n) is 11.9. The van der Waals surface area contributed by atoms with Gasteiger partial charge < -0.3 is 4.74 Å². The third-order valence-electron chi connectivity index (χ3n) is 4.20. The van der Waals surface area contributed by atoms with E-state index in [0.29, 0.717) is 11.4 Å². The molecule has 1 aromatic carbocycles. The maximum absolute atomic E-state index is 12.4. The van der Waals surface area contributed by atoms with Crippen molar-refractivity contribution in [3.8, 4) is 5.75 Å². The Hall–Kier alpha value is -2.17. The van der Waals surface area contributed by atoms with E-state index < -0.39 is 5.97 Å². The molecule has 0 radical (unpaired) electrons. The number of anilines is 1. The summed E-state index contributed by atoms with van der Waals surface area (Å²) < 4.78 is 4.95. The first-order valence-corrected chi connectivity index (χ1v) is 7.24. The number of fused-ring (bicyclic) bond motifs is 1. The fourth-order valence-electron chi connectivity index (χ4n) is 3.25. The lowest BCUT2D eigenvalue weighted by atomic mass is 9.81. The molecule has 1 aliphatic heterocycles. The largest absolute Gasteiger partial charge is 0.427 e. The third-order valence-corrected chi connectivity index (χ3v) is 4.20. The van der Waals surface area contributed by atoms with Crippen LogP contribution in [0.1, 0.15) is 32.6 Å². The van der Waals surface area contributed by atoms with Crippen molar-refractivity contribution >= 4 is 23.5 Å². The molecule has 1 aromatic rings. The lowest BCUT2D eigenvalue weighted by molar-refractivity contribution is -0.132. The number of ether oxygens (including phenoxy) is 1. The molecule has 0 spiro atoms. The summed E-state index contributed by atoms with van der Waals surface area (Å²) in [6.07, 6.45) is 3.63. The maximum atomic E-state index is 12.4. The number of hydrogen-bond acceptors (Lipinski definition) is 4. The van der Waals surface area contributed by atoms with Gasteiger partial charge in [-0.2, -0.15) is 0 Å². The lowest BCUT2D eigenvalue weighted by Crippen LogP contribution is -2.30. The zero-order chi connectivity index (χ0) is 15.0. The Morgan fingerprint density at radius 3 is 2.05 bits per heavy atom. The zero-order valence-corrected chi connectivity index (χ0v) is 11.9. The average Bonchev–Trinajstić information content (AvgIpc) is 2.72. The lowest BCUT2D eigenvalue weighted by Gasteiger charge is -2.19. The van der Waals surface area contributed by atoms with Crippen LogP contribution in [0.3, 0.4) is 0 Å². The molecule has 1 saturated carbocycles. The smallest absolute Gasteiger partial charge is 0.308 e. The highest BCUT2D eigenvalue weighted by atomic mass is 16.5. The molecule has 0 aromatic heterocycles. The second kappa shape index (κ2) is 5.31. The minimum atomic E-state index is -0.401. The van der Waals surface area contributed by atoms with E-state index in [0.717, 1.165) is 25.7 Å². The van der Waals surface area contributed by atoms with Crippen molar-refractivity contribution in [1.29, 1.82) is 0 Å². The molecule has 21 heavy (non-hydrogen) atoms. The van der Waals surface area contributed by atoms with Gasteiger partial charge in [0.15, 0.2) is 0 Å². The van der Waals surface area contributed by atoms with E-state index in [9.17, 15) is 14.4 Å². The molecule has 1 heterocycles. The van der Waals surface area contributed by atoms with Crippen LogP contribution in [0.25, 0.3) is 0 Å². The van der Waals surface area contributed by atoms with Gasteiger partial charge in [-0.05, 0) is 37.1 Å². The van der Waals surface area contributed by atoms with Crippen LogP contribution in [0.4, 0.5) is 5.69 Å². The number of carbonyl (C=O) groups excluding carboxylic acids is 3. The Kier molecular flexibility index (Phi) is 3.49. The summed E-state index contributed by atoms with van der Waals surface area (Å²) in [6.45, 7) is 1.33. The van der Waals surface area contributed by atoms with Crippen molar-refractivity contribution in [3.63, 3.8) is 0 Å². The Balaban J connectivity index is 1.84. The van der Waals surface area contributed by atoms with E-state index in [4.69, 9.17) is 4.74 Å². The van der Waals surface area contributed by atoms with Gasteiger partial charge in [-0.15, -0.1) is 0 Å². The van der Waals surface area contributed by atoms with Crippen LogP contribution in [0.2, 0.25) is 0 Å². The molecule has 2 atom stereocenters. The molecule has 5 heteroatoms. The second-order valence-electron chi connectivity index (χ2n) is 5.60. The Bertz CT molecular complexity index is 569. The highest BCUT2D eigenvalue weighted by molar-refractivity contribution is 6.22. The van der Waals surface area contributed by atoms with Gasteiger partial charge in [-0.1, -0.05) is 12.8 Å². The average molecular weight is 287 g/mol. The van der Waals surface area contributed by atoms with Crippen molar-refractivity contribution in [2.75, 3.05) is 4.90 Å². The van der Waals surface area contributed by atoms with Gasteiger partial charge in [0, 0.05) is 6.92 Å². The first kappa shape index (κ1) is 13.8. The maximum Gasteiger partial charge on any atom is 0.308 e. The Morgan fingerprint density at radius 2 is 1.57 bits per heavy atom. The number of nitrogens with zero attached hydrogens (tertiary/aromatic N) is 1. The number of esters is 1. The normalized spacial score (nSPS) is 24.9. The molecule has 5 nitrogen and oxygen atoms in total. The van der Waals surface area contributed by atoms with E-state index in [1.54, 1.807) is 24.3 Å². The standard InChI is InChI=1S/C16H17NO4/c1-10(18)21-12-8-6-11(7-9-12)17-15(19)13-4-2-3-5-14(13)16(17)20/h6-9,13-14H,2-5H2,1H3/t13-,14-/m1/s1. The van der Waals surface area contributed by atoms with Gasteiger partial charge in [0.25, 0.3) is 0 Å². The van der Waals surface area contributed by atoms with Crippen molar-refractivity contribution < 1.29 is 19.1 Å². The highest BCUT2D eigenvalue weighted by Gasteiger charge is 2.48. The molecule has 110 valence electrons. The number of benzene rings is 1. The first-order valence-electron chi connectivity index (χ1n) is 7.24. The van der Waals surface area contributed by atoms with Crippen LogP contribution in [0.15, 0.2) is 24.3 Å². The number of carbonyl (C=O) groups is 3. The van der Waals surface area contributed by atoms with Crippen LogP contribution in [-0.4, -0.2) is 17.8 Å². The summed E-state index contributed by atoms with van der Waals surface area (Å²) >= 11 is 0. The number of amides is 2. The number of rotatable bonds is 2. The van der Waals surface area contributed by atoms with Gasteiger partial charge in [-0.3, -0.25) is 19.3 Å². The van der Waals surface area contributed by atoms with Gasteiger partial charge in [0.2, 0.25) is 11.8 Å². The summed E-state index contributed by atoms with van der Waals surface area (Å²) in [6, 6.07) is 6.48. The van der Waals surface area contributed by atoms with Crippen LogP contribution >= 0.6 is 0 Å². The molecule has 0 N–H and O–H groups in total. The minimum absolute atomic E-state index is 0.0927. The Labute approximate surface area is 122 Å². The quantitative estimate of drug-likeness (QED) is 0.475. The van der Waals surface area contributed by atoms with Crippen molar-refractivity contribution in [1.82, 2.24) is 0 Å². The first-order chi connectivity index (χ1) is 10.1. The Morgan fingerprint density at radius 1 is 1.05 bits per heavy atom. The number of hydrogen-bond donors (Lipinski definition) is 0. The van der Waals surface area contributed by atoms with E-state index in [1.807, 2.05) is 0 Å². The number of imide groups is 1. The van der Waals surface area contributed by atoms with Gasteiger partial charge >= 0.3 is 5.97 Å². The molecular formula is C16H17NO4. The van der Waals surface area contributed by atoms with Crippen molar-refractivity contribution in [2.45, 2.75) is 32.6 Å². The molecule has 2 aliphatic rings. The minimum Gasteiger partial charge on any atom is -0.427 e. The van der Waals surface area contributed by atoms with Gasteiger partial charge in [0.05, 0.1) is 17.5 Å². The summed E-state index contributed by atoms with van der Waals surface area (Å²) in [4.78, 5) is 37.0. The molecule has 1 saturated heterocycles. The van der Waals surface area contributed by atoms with E-state index in [2.05, 4.69) is 0 Å². The van der Waals surface area contributed by atoms with Gasteiger partial charge in [-0.25, -0.2) is 0 Å². The highest BCUT2D eigenvalue weighted by Crippen LogP contribution is 2.40. The van der Waals surface area contributed by atoms with Gasteiger partial charge in [0.1, 0.15) is 5.75 Å². The molecular weight excluding hydrogens is 270 g/mol. The summed E-state index contributed by atoms with van der Waals surface area (Å²) in [7, 11) is 0. The van der Waals surface area contributed by atoms with Crippen LogP contribution < -0.4 is 9.64 Å². The van der Waals surface area contributed by atoms with E-state index >= 15 is 0 Å². The SMILES string of the molecule is CC(=O)Oc1ccc(N2C(=O)[C@@H]3CCCC[C@H]3C2=O)cc1. The van der Waals surface area contributed by atoms with Crippen LogP contribution in [-0.2, 0) is 14.4 Å². The third kappa shape index (κ3) is 2.44. The molecule has 1 aliphatic carbocycles. The molecule has 0 bridgehead atoms. The fourth-order valence-corrected chi connectivity index (χ4v) is 3.25. The molecule has 0 unspecified atom stereocenters. The topological polar surface area (TPSA) is 63.7 Å². The molecule has 2 amide bonds.